The summed E-state index contributed by atoms with van der Waals surface area (Å²) in [5, 5.41) is 2.90. The number of amides is 1. The Balaban J connectivity index is 2.58. The molecule has 0 saturated heterocycles. The van der Waals surface area contributed by atoms with Gasteiger partial charge >= 0.3 is 0 Å². The number of benzene rings is 1. The number of hydrogen-bond acceptors (Lipinski definition) is 1. The second-order valence-electron chi connectivity index (χ2n) is 3.95. The normalized spacial score (nSPS) is 12.2. The van der Waals surface area contributed by atoms with E-state index in [-0.39, 0.29) is 5.91 Å². The zero-order valence-corrected chi connectivity index (χ0v) is 13.4. The van der Waals surface area contributed by atoms with E-state index < -0.39 is 0 Å². The van der Waals surface area contributed by atoms with Crippen LogP contribution in [0.3, 0.4) is 0 Å². The van der Waals surface area contributed by atoms with Gasteiger partial charge in [-0.2, -0.15) is 0 Å². The van der Waals surface area contributed by atoms with Crippen molar-refractivity contribution in [3.8, 4) is 0 Å². The Morgan fingerprint density at radius 1 is 1.35 bits per heavy atom. The van der Waals surface area contributed by atoms with Crippen molar-refractivity contribution in [2.45, 2.75) is 13.3 Å². The van der Waals surface area contributed by atoms with Gasteiger partial charge in [-0.25, -0.2) is 0 Å². The molecule has 1 atom stereocenters. The standard InChI is InChI=1S/C12H14Br2ClNO/c1-8(2-3-15)7-16-12(17)9-4-10(13)6-11(14)5-9/h4-6,8H,2-3,7H2,1H3,(H,16,17). The van der Waals surface area contributed by atoms with E-state index in [1.807, 2.05) is 6.07 Å². The van der Waals surface area contributed by atoms with Gasteiger partial charge in [-0.1, -0.05) is 38.8 Å². The quantitative estimate of drug-likeness (QED) is 0.759. The van der Waals surface area contributed by atoms with E-state index in [9.17, 15) is 4.79 Å². The predicted molar refractivity (Wildman–Crippen MR) is 78.7 cm³/mol. The van der Waals surface area contributed by atoms with E-state index in [0.29, 0.717) is 23.9 Å². The van der Waals surface area contributed by atoms with E-state index in [0.717, 1.165) is 15.4 Å². The number of rotatable bonds is 5. The molecule has 0 aromatic heterocycles. The molecule has 1 N–H and O–H groups in total. The monoisotopic (exact) mass is 381 g/mol. The predicted octanol–water partition coefficient (Wildman–Crippen LogP) is 4.21. The third kappa shape index (κ3) is 5.40. The van der Waals surface area contributed by atoms with E-state index in [1.54, 1.807) is 12.1 Å². The summed E-state index contributed by atoms with van der Waals surface area (Å²) in [7, 11) is 0. The van der Waals surface area contributed by atoms with E-state index in [2.05, 4.69) is 44.1 Å². The molecule has 0 fully saturated rings. The number of alkyl halides is 1. The fourth-order valence-corrected chi connectivity index (χ4v) is 3.01. The zero-order valence-electron chi connectivity index (χ0n) is 9.47. The third-order valence-corrected chi connectivity index (χ3v) is 3.47. The van der Waals surface area contributed by atoms with E-state index in [1.165, 1.54) is 0 Å². The van der Waals surface area contributed by atoms with Crippen LogP contribution >= 0.6 is 43.5 Å². The second kappa shape index (κ2) is 7.39. The lowest BCUT2D eigenvalue weighted by molar-refractivity contribution is 0.0947. The first-order chi connectivity index (χ1) is 8.02. The maximum absolute atomic E-state index is 11.9. The largest absolute Gasteiger partial charge is 0.352 e. The van der Waals surface area contributed by atoms with Gasteiger partial charge in [0.25, 0.3) is 5.91 Å². The molecule has 2 nitrogen and oxygen atoms in total. The summed E-state index contributed by atoms with van der Waals surface area (Å²) in [4.78, 5) is 11.9. The fraction of sp³-hybridized carbons (Fsp3) is 0.417. The lowest BCUT2D eigenvalue weighted by atomic mass is 10.1. The van der Waals surface area contributed by atoms with Gasteiger partial charge in [0.2, 0.25) is 0 Å². The molecule has 0 aliphatic rings. The van der Waals surface area contributed by atoms with Gasteiger partial charge in [0.05, 0.1) is 0 Å². The van der Waals surface area contributed by atoms with Crippen molar-refractivity contribution in [1.82, 2.24) is 5.32 Å². The molecule has 0 saturated carbocycles. The lowest BCUT2D eigenvalue weighted by Crippen LogP contribution is -2.28. The highest BCUT2D eigenvalue weighted by molar-refractivity contribution is 9.11. The smallest absolute Gasteiger partial charge is 0.251 e. The van der Waals surface area contributed by atoms with Gasteiger partial charge in [-0.15, -0.1) is 11.6 Å². The topological polar surface area (TPSA) is 29.1 Å². The molecular formula is C12H14Br2ClNO. The minimum atomic E-state index is -0.0616. The van der Waals surface area contributed by atoms with Crippen LogP contribution in [0.5, 0.6) is 0 Å². The molecule has 17 heavy (non-hydrogen) atoms. The van der Waals surface area contributed by atoms with Crippen LogP contribution in [0.1, 0.15) is 23.7 Å². The van der Waals surface area contributed by atoms with Crippen LogP contribution in [0, 0.1) is 5.92 Å². The molecule has 1 aromatic rings. The van der Waals surface area contributed by atoms with Gasteiger partial charge in [-0.05, 0) is 30.5 Å². The Morgan fingerprint density at radius 2 is 1.94 bits per heavy atom. The van der Waals surface area contributed by atoms with Crippen molar-refractivity contribution in [2.75, 3.05) is 12.4 Å². The SMILES string of the molecule is CC(CCCl)CNC(=O)c1cc(Br)cc(Br)c1. The van der Waals surface area contributed by atoms with Crippen LogP contribution in [0.25, 0.3) is 0 Å². The second-order valence-corrected chi connectivity index (χ2v) is 6.16. The molecule has 0 aliphatic carbocycles. The van der Waals surface area contributed by atoms with E-state index >= 15 is 0 Å². The molecule has 0 radical (unpaired) electrons. The van der Waals surface area contributed by atoms with Crippen LogP contribution in [0.15, 0.2) is 27.1 Å². The number of carbonyl (C=O) groups is 1. The van der Waals surface area contributed by atoms with Crippen LogP contribution in [0.4, 0.5) is 0 Å². The molecule has 5 heteroatoms. The van der Waals surface area contributed by atoms with Crippen molar-refractivity contribution in [3.05, 3.63) is 32.7 Å². The van der Waals surface area contributed by atoms with Crippen molar-refractivity contribution in [3.63, 3.8) is 0 Å². The first kappa shape index (κ1) is 15.0. The molecule has 94 valence electrons. The number of hydrogen-bond donors (Lipinski definition) is 1. The Labute approximate surface area is 123 Å². The van der Waals surface area contributed by atoms with Crippen LogP contribution in [0.2, 0.25) is 0 Å². The highest BCUT2D eigenvalue weighted by Gasteiger charge is 2.09. The molecular weight excluding hydrogens is 369 g/mol. The van der Waals surface area contributed by atoms with Crippen molar-refractivity contribution < 1.29 is 4.79 Å². The van der Waals surface area contributed by atoms with Crippen molar-refractivity contribution in [2.24, 2.45) is 5.92 Å². The van der Waals surface area contributed by atoms with Crippen molar-refractivity contribution in [1.29, 1.82) is 0 Å². The van der Waals surface area contributed by atoms with Gasteiger partial charge in [0.1, 0.15) is 0 Å². The average Bonchev–Trinajstić information content (AvgIpc) is 2.25. The maximum Gasteiger partial charge on any atom is 0.251 e. The van der Waals surface area contributed by atoms with E-state index in [4.69, 9.17) is 11.6 Å². The minimum absolute atomic E-state index is 0.0616. The summed E-state index contributed by atoms with van der Waals surface area (Å²) in [6, 6.07) is 5.49. The molecule has 0 bridgehead atoms. The molecule has 0 spiro atoms. The Bertz CT molecular complexity index is 378. The molecule has 1 unspecified atom stereocenters. The van der Waals surface area contributed by atoms with Gasteiger partial charge in [0, 0.05) is 26.9 Å². The highest BCUT2D eigenvalue weighted by Crippen LogP contribution is 2.20. The highest BCUT2D eigenvalue weighted by atomic mass is 79.9. The first-order valence-corrected chi connectivity index (χ1v) is 7.45. The number of halogens is 3. The van der Waals surface area contributed by atoms with Gasteiger partial charge in [0.15, 0.2) is 0 Å². The van der Waals surface area contributed by atoms with Gasteiger partial charge in [-0.3, -0.25) is 4.79 Å². The summed E-state index contributed by atoms with van der Waals surface area (Å²) in [6.45, 7) is 2.72. The van der Waals surface area contributed by atoms with Crippen LogP contribution in [-0.2, 0) is 0 Å². The summed E-state index contributed by atoms with van der Waals surface area (Å²) < 4.78 is 1.76. The van der Waals surface area contributed by atoms with Crippen molar-refractivity contribution >= 4 is 49.4 Å². The molecule has 0 aliphatic heterocycles. The zero-order chi connectivity index (χ0) is 12.8. The molecule has 1 rings (SSSR count). The third-order valence-electron chi connectivity index (χ3n) is 2.34. The Kier molecular flexibility index (Phi) is 6.52. The minimum Gasteiger partial charge on any atom is -0.352 e. The van der Waals surface area contributed by atoms with Crippen LogP contribution < -0.4 is 5.32 Å². The average molecular weight is 384 g/mol. The van der Waals surface area contributed by atoms with Crippen LogP contribution in [-0.4, -0.2) is 18.3 Å². The summed E-state index contributed by atoms with van der Waals surface area (Å²) in [6.07, 6.45) is 0.907. The summed E-state index contributed by atoms with van der Waals surface area (Å²) >= 11 is 12.4. The fourth-order valence-electron chi connectivity index (χ4n) is 1.34. The van der Waals surface area contributed by atoms with Gasteiger partial charge < -0.3 is 5.32 Å². The lowest BCUT2D eigenvalue weighted by Gasteiger charge is -2.11. The first-order valence-electron chi connectivity index (χ1n) is 5.33. The molecule has 1 amide bonds. The summed E-state index contributed by atoms with van der Waals surface area (Å²) in [5.74, 6) is 0.958. The number of nitrogens with one attached hydrogen (secondary N) is 1. The maximum atomic E-state index is 11.9. The Hall–Kier alpha value is -0.0600. The molecule has 1 aromatic carbocycles. The molecule has 0 heterocycles. The Morgan fingerprint density at radius 3 is 2.47 bits per heavy atom. The summed E-state index contributed by atoms with van der Waals surface area (Å²) in [5.41, 5.74) is 0.643. The number of carbonyl (C=O) groups excluding carboxylic acids is 1.